The minimum Gasteiger partial charge on any atom is -0.457 e. The number of carbonyl (C=O) groups excluding carboxylic acids is 1. The zero-order valence-electron chi connectivity index (χ0n) is 13.0. The number of benzene rings is 2. The van der Waals surface area contributed by atoms with Gasteiger partial charge in [0, 0.05) is 5.69 Å². The van der Waals surface area contributed by atoms with Crippen molar-refractivity contribution in [3.8, 4) is 0 Å². The van der Waals surface area contributed by atoms with E-state index in [1.54, 1.807) is 12.1 Å². The summed E-state index contributed by atoms with van der Waals surface area (Å²) >= 11 is 0. The lowest BCUT2D eigenvalue weighted by Crippen LogP contribution is -2.08. The molecule has 2 rings (SSSR count). The molecular formula is C18H21NO2. The number of ether oxygens (including phenoxy) is 1. The highest BCUT2D eigenvalue weighted by molar-refractivity contribution is 5.90. The minimum atomic E-state index is -0.343. The summed E-state index contributed by atoms with van der Waals surface area (Å²) in [4.78, 5) is 12.1. The van der Waals surface area contributed by atoms with E-state index >= 15 is 0 Å². The molecular weight excluding hydrogens is 262 g/mol. The minimum absolute atomic E-state index is 0.282. The molecule has 0 amide bonds. The number of nitrogen functional groups attached to an aromatic ring is 1. The van der Waals surface area contributed by atoms with Gasteiger partial charge in [0.05, 0.1) is 5.56 Å². The van der Waals surface area contributed by atoms with Gasteiger partial charge < -0.3 is 10.5 Å². The Hall–Kier alpha value is -2.29. The van der Waals surface area contributed by atoms with Gasteiger partial charge in [-0.05, 0) is 68.1 Å². The van der Waals surface area contributed by atoms with E-state index in [0.717, 1.165) is 22.3 Å². The first-order valence-electron chi connectivity index (χ1n) is 6.98. The van der Waals surface area contributed by atoms with Crippen LogP contribution in [-0.4, -0.2) is 5.97 Å². The fraction of sp³-hybridized carbons (Fsp3) is 0.278. The highest BCUT2D eigenvalue weighted by atomic mass is 16.5. The molecule has 0 radical (unpaired) electrons. The molecule has 0 saturated heterocycles. The zero-order chi connectivity index (χ0) is 15.6. The summed E-state index contributed by atoms with van der Waals surface area (Å²) in [5.41, 5.74) is 12.3. The van der Waals surface area contributed by atoms with E-state index in [4.69, 9.17) is 10.5 Å². The first kappa shape index (κ1) is 15.1. The van der Waals surface area contributed by atoms with Crippen molar-refractivity contribution in [2.75, 3.05) is 5.73 Å². The van der Waals surface area contributed by atoms with Crippen molar-refractivity contribution in [2.24, 2.45) is 0 Å². The number of aryl methyl sites for hydroxylation is 4. The van der Waals surface area contributed by atoms with Gasteiger partial charge >= 0.3 is 5.97 Å². The monoisotopic (exact) mass is 283 g/mol. The summed E-state index contributed by atoms with van der Waals surface area (Å²) in [5.74, 6) is -0.343. The Morgan fingerprint density at radius 2 is 1.52 bits per heavy atom. The van der Waals surface area contributed by atoms with Gasteiger partial charge in [0.25, 0.3) is 0 Å². The molecule has 0 fully saturated rings. The second-order valence-electron chi connectivity index (χ2n) is 5.59. The second-order valence-corrected chi connectivity index (χ2v) is 5.59. The van der Waals surface area contributed by atoms with Crippen molar-refractivity contribution >= 4 is 11.7 Å². The summed E-state index contributed by atoms with van der Waals surface area (Å²) in [7, 11) is 0. The molecule has 3 heteroatoms. The molecule has 0 aliphatic heterocycles. The lowest BCUT2D eigenvalue weighted by Gasteiger charge is -2.12. The van der Waals surface area contributed by atoms with Crippen LogP contribution >= 0.6 is 0 Å². The van der Waals surface area contributed by atoms with Gasteiger partial charge in [0.1, 0.15) is 6.61 Å². The van der Waals surface area contributed by atoms with Gasteiger partial charge in [-0.3, -0.25) is 0 Å². The maximum atomic E-state index is 12.1. The van der Waals surface area contributed by atoms with E-state index in [1.807, 2.05) is 26.8 Å². The molecule has 0 spiro atoms. The first-order valence-corrected chi connectivity index (χ1v) is 6.98. The summed E-state index contributed by atoms with van der Waals surface area (Å²) in [6.07, 6.45) is 0. The molecule has 3 nitrogen and oxygen atoms in total. The third-order valence-electron chi connectivity index (χ3n) is 3.52. The van der Waals surface area contributed by atoms with E-state index < -0.39 is 0 Å². The maximum Gasteiger partial charge on any atom is 0.338 e. The Morgan fingerprint density at radius 1 is 0.952 bits per heavy atom. The largest absolute Gasteiger partial charge is 0.457 e. The molecule has 0 unspecified atom stereocenters. The Morgan fingerprint density at radius 3 is 2.10 bits per heavy atom. The SMILES string of the molecule is Cc1cc(N)cc(C(=O)OCc2c(C)cc(C)cc2C)c1. The third kappa shape index (κ3) is 3.63. The van der Waals surface area contributed by atoms with Gasteiger partial charge in [-0.25, -0.2) is 4.79 Å². The van der Waals surface area contributed by atoms with E-state index in [1.165, 1.54) is 5.56 Å². The average Bonchev–Trinajstić information content (AvgIpc) is 2.35. The fourth-order valence-corrected chi connectivity index (χ4v) is 2.59. The van der Waals surface area contributed by atoms with Crippen molar-refractivity contribution in [2.45, 2.75) is 34.3 Å². The molecule has 21 heavy (non-hydrogen) atoms. The molecule has 0 bridgehead atoms. The van der Waals surface area contributed by atoms with E-state index in [9.17, 15) is 4.79 Å². The van der Waals surface area contributed by atoms with Crippen molar-refractivity contribution in [3.63, 3.8) is 0 Å². The maximum absolute atomic E-state index is 12.1. The Bertz CT molecular complexity index is 646. The Labute approximate surface area is 125 Å². The van der Waals surface area contributed by atoms with Crippen LogP contribution in [0.15, 0.2) is 30.3 Å². The molecule has 110 valence electrons. The number of esters is 1. The topological polar surface area (TPSA) is 52.3 Å². The first-order chi connectivity index (χ1) is 9.86. The van der Waals surface area contributed by atoms with Crippen LogP contribution in [-0.2, 0) is 11.3 Å². The predicted molar refractivity (Wildman–Crippen MR) is 85.4 cm³/mol. The molecule has 2 aromatic carbocycles. The van der Waals surface area contributed by atoms with Crippen molar-refractivity contribution < 1.29 is 9.53 Å². The van der Waals surface area contributed by atoms with Crippen LogP contribution in [0, 0.1) is 27.7 Å². The van der Waals surface area contributed by atoms with Crippen LogP contribution in [0.5, 0.6) is 0 Å². The lowest BCUT2D eigenvalue weighted by molar-refractivity contribution is 0.0471. The number of anilines is 1. The van der Waals surface area contributed by atoms with Crippen LogP contribution in [0.3, 0.4) is 0 Å². The summed E-state index contributed by atoms with van der Waals surface area (Å²) in [6, 6.07) is 9.45. The van der Waals surface area contributed by atoms with Crippen LogP contribution < -0.4 is 5.73 Å². The molecule has 2 aromatic rings. The normalized spacial score (nSPS) is 10.5. The van der Waals surface area contributed by atoms with Crippen LogP contribution in [0.1, 0.15) is 38.2 Å². The van der Waals surface area contributed by atoms with Gasteiger partial charge in [-0.1, -0.05) is 17.7 Å². The van der Waals surface area contributed by atoms with Gasteiger partial charge in [0.15, 0.2) is 0 Å². The number of nitrogens with two attached hydrogens (primary N) is 1. The smallest absolute Gasteiger partial charge is 0.338 e. The molecule has 0 heterocycles. The Balaban J connectivity index is 2.15. The van der Waals surface area contributed by atoms with Crippen LogP contribution in [0.25, 0.3) is 0 Å². The van der Waals surface area contributed by atoms with E-state index in [2.05, 4.69) is 19.1 Å². The molecule has 2 N–H and O–H groups in total. The van der Waals surface area contributed by atoms with Gasteiger partial charge in [-0.15, -0.1) is 0 Å². The zero-order valence-corrected chi connectivity index (χ0v) is 13.0. The van der Waals surface area contributed by atoms with Gasteiger partial charge in [0.2, 0.25) is 0 Å². The number of rotatable bonds is 3. The second kappa shape index (κ2) is 6.00. The number of hydrogen-bond acceptors (Lipinski definition) is 3. The van der Waals surface area contributed by atoms with Crippen LogP contribution in [0.2, 0.25) is 0 Å². The van der Waals surface area contributed by atoms with Crippen molar-refractivity contribution in [1.29, 1.82) is 0 Å². The molecule has 0 atom stereocenters. The quantitative estimate of drug-likeness (QED) is 0.687. The highest BCUT2D eigenvalue weighted by Crippen LogP contribution is 2.19. The summed E-state index contributed by atoms with van der Waals surface area (Å²) < 4.78 is 5.43. The molecule has 0 saturated carbocycles. The van der Waals surface area contributed by atoms with Gasteiger partial charge in [-0.2, -0.15) is 0 Å². The number of carbonyl (C=O) groups is 1. The predicted octanol–water partition coefficient (Wildman–Crippen LogP) is 3.86. The lowest BCUT2D eigenvalue weighted by atomic mass is 10.0. The van der Waals surface area contributed by atoms with E-state index in [-0.39, 0.29) is 12.6 Å². The Kier molecular flexibility index (Phi) is 4.32. The third-order valence-corrected chi connectivity index (χ3v) is 3.52. The van der Waals surface area contributed by atoms with Crippen molar-refractivity contribution in [3.05, 3.63) is 63.7 Å². The summed E-state index contributed by atoms with van der Waals surface area (Å²) in [6.45, 7) is 8.32. The van der Waals surface area contributed by atoms with E-state index in [0.29, 0.717) is 11.3 Å². The standard InChI is InChI=1S/C18H21NO2/c1-11-5-13(3)17(14(4)6-11)10-21-18(20)15-7-12(2)8-16(19)9-15/h5-9H,10,19H2,1-4H3. The average molecular weight is 283 g/mol. The number of hydrogen-bond donors (Lipinski definition) is 1. The summed E-state index contributed by atoms with van der Waals surface area (Å²) in [5, 5.41) is 0. The highest BCUT2D eigenvalue weighted by Gasteiger charge is 2.11. The fourth-order valence-electron chi connectivity index (χ4n) is 2.59. The van der Waals surface area contributed by atoms with Crippen molar-refractivity contribution in [1.82, 2.24) is 0 Å². The van der Waals surface area contributed by atoms with Crippen LogP contribution in [0.4, 0.5) is 5.69 Å². The molecule has 0 aliphatic rings. The molecule has 0 aliphatic carbocycles. The molecule has 0 aromatic heterocycles.